The maximum atomic E-state index is 13.2. The van der Waals surface area contributed by atoms with Crippen LogP contribution in [0, 0.1) is 5.82 Å². The van der Waals surface area contributed by atoms with E-state index in [-0.39, 0.29) is 17.8 Å². The maximum Gasteiger partial charge on any atom is 0.277 e. The molecule has 2 aromatic carbocycles. The molecule has 0 radical (unpaired) electrons. The Labute approximate surface area is 209 Å². The summed E-state index contributed by atoms with van der Waals surface area (Å²) in [7, 11) is 1.85. The summed E-state index contributed by atoms with van der Waals surface area (Å²) >= 11 is 12.7. The largest absolute Gasteiger partial charge is 0.487 e. The van der Waals surface area contributed by atoms with Crippen molar-refractivity contribution in [2.45, 2.75) is 44.8 Å². The van der Waals surface area contributed by atoms with E-state index in [0.717, 1.165) is 45.8 Å². The van der Waals surface area contributed by atoms with Gasteiger partial charge in [0, 0.05) is 13.1 Å². The lowest BCUT2D eigenvalue weighted by molar-refractivity contribution is -0.124. The highest BCUT2D eigenvalue weighted by Gasteiger charge is 2.40. The van der Waals surface area contributed by atoms with Crippen molar-refractivity contribution < 1.29 is 13.9 Å². The number of amides is 1. The van der Waals surface area contributed by atoms with Crippen LogP contribution >= 0.6 is 44.1 Å². The first-order chi connectivity index (χ1) is 15.3. The molecule has 1 aliphatic carbocycles. The quantitative estimate of drug-likeness (QED) is 0.292. The molecule has 4 rings (SSSR count). The molecule has 1 saturated heterocycles. The zero-order chi connectivity index (χ0) is 22.8. The molecule has 0 spiro atoms. The molecular formula is C24H23Br2FN2O2S. The summed E-state index contributed by atoms with van der Waals surface area (Å²) < 4.78 is 20.5. The number of carbonyl (C=O) groups is 1. The zero-order valence-electron chi connectivity index (χ0n) is 17.6. The standard InChI is InChI=1S/C24H23Br2FN2O2S/c1-28-21(23(30)29(24(28)32)18-5-3-2-4-6-18)13-16-11-19(25)22(20(26)12-16)31-14-15-7-9-17(27)10-8-15/h7-13,18H,2-6,14H2,1H3/b21-13-. The van der Waals surface area contributed by atoms with Crippen LogP contribution in [0.15, 0.2) is 51.0 Å². The molecule has 2 aliphatic rings. The van der Waals surface area contributed by atoms with E-state index in [0.29, 0.717) is 23.2 Å². The Bertz CT molecular complexity index is 1050. The molecule has 0 unspecified atom stereocenters. The Kier molecular flexibility index (Phi) is 7.32. The van der Waals surface area contributed by atoms with Crippen LogP contribution < -0.4 is 4.74 Å². The monoisotopic (exact) mass is 580 g/mol. The lowest BCUT2D eigenvalue weighted by Gasteiger charge is -2.30. The molecule has 0 N–H and O–H groups in total. The van der Waals surface area contributed by atoms with Crippen molar-refractivity contribution in [2.24, 2.45) is 0 Å². The van der Waals surface area contributed by atoms with Crippen LogP contribution in [0.5, 0.6) is 5.75 Å². The number of nitrogens with zero attached hydrogens (tertiary/aromatic N) is 2. The lowest BCUT2D eigenvalue weighted by Crippen LogP contribution is -2.41. The average molecular weight is 582 g/mol. The van der Waals surface area contributed by atoms with Crippen molar-refractivity contribution in [2.75, 3.05) is 7.05 Å². The molecule has 4 nitrogen and oxygen atoms in total. The summed E-state index contributed by atoms with van der Waals surface area (Å²) in [5, 5.41) is 0.575. The number of hydrogen-bond donors (Lipinski definition) is 0. The van der Waals surface area contributed by atoms with Gasteiger partial charge >= 0.3 is 0 Å². The van der Waals surface area contributed by atoms with Crippen LogP contribution in [0.4, 0.5) is 4.39 Å². The maximum absolute atomic E-state index is 13.2. The Morgan fingerprint density at radius 2 is 1.75 bits per heavy atom. The molecule has 8 heteroatoms. The molecule has 2 fully saturated rings. The third kappa shape index (κ3) is 4.92. The van der Waals surface area contributed by atoms with Crippen molar-refractivity contribution in [1.29, 1.82) is 0 Å². The van der Waals surface area contributed by atoms with Crippen molar-refractivity contribution in [3.05, 3.63) is 68.0 Å². The summed E-state index contributed by atoms with van der Waals surface area (Å²) in [4.78, 5) is 16.8. The van der Waals surface area contributed by atoms with Gasteiger partial charge in [-0.1, -0.05) is 31.4 Å². The predicted octanol–water partition coefficient (Wildman–Crippen LogP) is 6.66. The van der Waals surface area contributed by atoms with Crippen LogP contribution in [0.1, 0.15) is 43.2 Å². The number of ether oxygens (including phenoxy) is 1. The molecule has 1 aliphatic heterocycles. The van der Waals surface area contributed by atoms with Gasteiger partial charge < -0.3 is 9.64 Å². The zero-order valence-corrected chi connectivity index (χ0v) is 21.6. The second-order valence-corrected chi connectivity index (χ2v) is 10.1. The van der Waals surface area contributed by atoms with Crippen LogP contribution in [-0.2, 0) is 11.4 Å². The SMILES string of the molecule is CN1C(=S)N(C2CCCCC2)C(=O)/C1=C/c1cc(Br)c(OCc2ccc(F)cc2)c(Br)c1. The fraction of sp³-hybridized carbons (Fsp3) is 0.333. The Balaban J connectivity index is 1.54. The summed E-state index contributed by atoms with van der Waals surface area (Å²) in [6, 6.07) is 10.2. The number of rotatable bonds is 5. The van der Waals surface area contributed by atoms with Crippen molar-refractivity contribution in [3.63, 3.8) is 0 Å². The second kappa shape index (κ2) is 10.0. The van der Waals surface area contributed by atoms with E-state index in [2.05, 4.69) is 31.9 Å². The molecule has 32 heavy (non-hydrogen) atoms. The van der Waals surface area contributed by atoms with Crippen LogP contribution in [0.2, 0.25) is 0 Å². The Morgan fingerprint density at radius 3 is 2.38 bits per heavy atom. The van der Waals surface area contributed by atoms with Crippen LogP contribution in [0.3, 0.4) is 0 Å². The summed E-state index contributed by atoms with van der Waals surface area (Å²) in [6.07, 6.45) is 7.37. The minimum atomic E-state index is -0.276. The molecule has 2 aromatic rings. The second-order valence-electron chi connectivity index (χ2n) is 8.07. The highest BCUT2D eigenvalue weighted by Crippen LogP contribution is 2.37. The summed E-state index contributed by atoms with van der Waals surface area (Å²) in [6.45, 7) is 0.309. The lowest BCUT2D eigenvalue weighted by atomic mass is 9.94. The highest BCUT2D eigenvalue weighted by atomic mass is 79.9. The predicted molar refractivity (Wildman–Crippen MR) is 135 cm³/mol. The Morgan fingerprint density at radius 1 is 1.12 bits per heavy atom. The number of likely N-dealkylation sites (N-methyl/N-ethyl adjacent to an activating group) is 1. The van der Waals surface area contributed by atoms with Crippen LogP contribution in [0.25, 0.3) is 6.08 Å². The van der Waals surface area contributed by atoms with E-state index in [4.69, 9.17) is 17.0 Å². The minimum Gasteiger partial charge on any atom is -0.487 e. The summed E-state index contributed by atoms with van der Waals surface area (Å²) in [5.74, 6) is 0.330. The van der Waals surface area contributed by atoms with E-state index in [9.17, 15) is 9.18 Å². The fourth-order valence-electron chi connectivity index (χ4n) is 4.13. The van der Waals surface area contributed by atoms with Gasteiger partial charge in [-0.25, -0.2) is 4.39 Å². The molecule has 0 bridgehead atoms. The molecule has 1 saturated carbocycles. The van der Waals surface area contributed by atoms with Gasteiger partial charge in [-0.15, -0.1) is 0 Å². The average Bonchev–Trinajstić information content (AvgIpc) is 2.98. The first-order valence-electron chi connectivity index (χ1n) is 10.5. The first kappa shape index (κ1) is 23.4. The molecule has 168 valence electrons. The van der Waals surface area contributed by atoms with Crippen molar-refractivity contribution >= 4 is 61.2 Å². The fourth-order valence-corrected chi connectivity index (χ4v) is 5.91. The third-order valence-electron chi connectivity index (χ3n) is 5.85. The topological polar surface area (TPSA) is 32.8 Å². The van der Waals surface area contributed by atoms with Gasteiger partial charge in [0.1, 0.15) is 23.9 Å². The highest BCUT2D eigenvalue weighted by molar-refractivity contribution is 9.11. The van der Waals surface area contributed by atoms with Crippen molar-refractivity contribution in [1.82, 2.24) is 9.80 Å². The van der Waals surface area contributed by atoms with Crippen molar-refractivity contribution in [3.8, 4) is 5.75 Å². The number of thiocarbonyl (C=S) groups is 1. The molecule has 1 amide bonds. The van der Waals surface area contributed by atoms with Gasteiger partial charge in [-0.2, -0.15) is 0 Å². The molecule has 0 aromatic heterocycles. The van der Waals surface area contributed by atoms with Gasteiger partial charge in [0.2, 0.25) is 0 Å². The first-order valence-corrected chi connectivity index (χ1v) is 12.5. The van der Waals surface area contributed by atoms with E-state index >= 15 is 0 Å². The number of halogens is 3. The van der Waals surface area contributed by atoms with Gasteiger partial charge in [-0.3, -0.25) is 9.69 Å². The smallest absolute Gasteiger partial charge is 0.277 e. The molecule has 0 atom stereocenters. The number of hydrogen-bond acceptors (Lipinski definition) is 3. The van der Waals surface area contributed by atoms with Gasteiger partial charge in [-0.05, 0) is 98.4 Å². The van der Waals surface area contributed by atoms with Gasteiger partial charge in [0.05, 0.1) is 8.95 Å². The molecule has 1 heterocycles. The van der Waals surface area contributed by atoms with E-state index in [1.807, 2.05) is 25.3 Å². The van der Waals surface area contributed by atoms with Gasteiger partial charge in [0.25, 0.3) is 5.91 Å². The minimum absolute atomic E-state index is 0.0340. The van der Waals surface area contributed by atoms with E-state index in [1.54, 1.807) is 21.9 Å². The van der Waals surface area contributed by atoms with E-state index < -0.39 is 0 Å². The third-order valence-corrected chi connectivity index (χ3v) is 7.50. The number of carbonyl (C=O) groups excluding carboxylic acids is 1. The molecular weight excluding hydrogens is 559 g/mol. The van der Waals surface area contributed by atoms with E-state index in [1.165, 1.54) is 18.6 Å². The Hall–Kier alpha value is -1.77. The van der Waals surface area contributed by atoms with Gasteiger partial charge in [0.15, 0.2) is 5.11 Å². The summed E-state index contributed by atoms with van der Waals surface area (Å²) in [5.41, 5.74) is 2.28. The normalized spacial score (nSPS) is 18.7. The van der Waals surface area contributed by atoms with Crippen LogP contribution in [-0.4, -0.2) is 33.9 Å². The number of benzene rings is 2.